The second-order valence-corrected chi connectivity index (χ2v) is 10.3. The molecule has 35 heavy (non-hydrogen) atoms. The number of anilines is 1. The number of hydrogen-bond acceptors (Lipinski definition) is 5. The van der Waals surface area contributed by atoms with Gasteiger partial charge in [-0.25, -0.2) is 21.9 Å². The lowest BCUT2D eigenvalue weighted by atomic mass is 10.0. The van der Waals surface area contributed by atoms with Crippen molar-refractivity contribution < 1.29 is 17.6 Å². The molecule has 2 atom stereocenters. The molecule has 2 aromatic carbocycles. The van der Waals surface area contributed by atoms with E-state index in [2.05, 4.69) is 10.2 Å². The van der Waals surface area contributed by atoms with Crippen molar-refractivity contribution in [3.8, 4) is 0 Å². The predicted octanol–water partition coefficient (Wildman–Crippen LogP) is 6.02. The van der Waals surface area contributed by atoms with Crippen LogP contribution in [0.25, 0.3) is 0 Å². The van der Waals surface area contributed by atoms with Gasteiger partial charge in [0.25, 0.3) is 6.43 Å². The minimum atomic E-state index is -2.56. The highest BCUT2D eigenvalue weighted by atomic mass is 32.2. The molecular weight excluding hydrogens is 478 g/mol. The monoisotopic (exact) mass is 505 g/mol. The molecule has 2 saturated heterocycles. The third-order valence-electron chi connectivity index (χ3n) is 6.92. The van der Waals surface area contributed by atoms with Crippen LogP contribution in [0.4, 0.5) is 23.2 Å². The van der Waals surface area contributed by atoms with Crippen LogP contribution in [-0.2, 0) is 6.54 Å². The van der Waals surface area contributed by atoms with Crippen molar-refractivity contribution in [1.82, 2.24) is 19.1 Å². The summed E-state index contributed by atoms with van der Waals surface area (Å²) in [6.07, 6.45) is 3.23. The van der Waals surface area contributed by atoms with Gasteiger partial charge >= 0.3 is 0 Å². The summed E-state index contributed by atoms with van der Waals surface area (Å²) >= 11 is 1.30. The van der Waals surface area contributed by atoms with Crippen LogP contribution < -0.4 is 4.90 Å². The van der Waals surface area contributed by atoms with Gasteiger partial charge < -0.3 is 9.47 Å². The first kappa shape index (κ1) is 24.1. The molecule has 5 nitrogen and oxygen atoms in total. The highest BCUT2D eigenvalue weighted by Gasteiger charge is 2.36. The van der Waals surface area contributed by atoms with E-state index in [1.165, 1.54) is 28.4 Å². The van der Waals surface area contributed by atoms with E-state index >= 15 is 8.78 Å². The minimum Gasteiger partial charge on any atom is -0.369 e. The lowest BCUT2D eigenvalue weighted by Crippen LogP contribution is -2.39. The molecule has 0 unspecified atom stereocenters. The van der Waals surface area contributed by atoms with Gasteiger partial charge in [0, 0.05) is 42.6 Å². The highest BCUT2D eigenvalue weighted by Crippen LogP contribution is 2.45. The van der Waals surface area contributed by atoms with E-state index in [1.807, 2.05) is 39.8 Å². The predicted molar refractivity (Wildman–Crippen MR) is 128 cm³/mol. The molecule has 10 heteroatoms. The van der Waals surface area contributed by atoms with Crippen LogP contribution in [0.15, 0.2) is 55.1 Å². The summed E-state index contributed by atoms with van der Waals surface area (Å²) < 4.78 is 61.3. The molecule has 3 heterocycles. The van der Waals surface area contributed by atoms with Crippen molar-refractivity contribution in [2.45, 2.75) is 56.0 Å². The fraction of sp³-hybridized carbons (Fsp3) is 0.440. The van der Waals surface area contributed by atoms with Gasteiger partial charge in [-0.3, -0.25) is 0 Å². The number of alkyl halides is 2. The number of halogens is 4. The summed E-state index contributed by atoms with van der Waals surface area (Å²) in [4.78, 5) is 1.84. The maximum atomic E-state index is 15.2. The van der Waals surface area contributed by atoms with Crippen LogP contribution in [-0.4, -0.2) is 44.6 Å². The van der Waals surface area contributed by atoms with Crippen molar-refractivity contribution in [3.05, 3.63) is 77.9 Å². The van der Waals surface area contributed by atoms with Gasteiger partial charge in [-0.15, -0.1) is 10.2 Å². The van der Waals surface area contributed by atoms with E-state index in [9.17, 15) is 8.78 Å². The number of aromatic nitrogens is 3. The highest BCUT2D eigenvalue weighted by molar-refractivity contribution is 7.97. The molecule has 0 bridgehead atoms. The van der Waals surface area contributed by atoms with Crippen molar-refractivity contribution >= 4 is 17.6 Å². The van der Waals surface area contributed by atoms with Crippen molar-refractivity contribution in [2.24, 2.45) is 0 Å². The van der Waals surface area contributed by atoms with E-state index in [0.29, 0.717) is 25.9 Å². The first-order valence-corrected chi connectivity index (χ1v) is 12.7. The molecule has 1 aromatic heterocycles. The second-order valence-electron chi connectivity index (χ2n) is 9.08. The molecule has 0 N–H and O–H groups in total. The third kappa shape index (κ3) is 5.33. The lowest BCUT2D eigenvalue weighted by Gasteiger charge is -2.38. The standard InChI is InChI=1S/C25H27F4N5S/c26-20-13-23(32-10-8-19(9-11-32)33-15-30-31-16-33)21(27)12-18(20)14-34-22(25(28)29)6-7-24(35-34)17-4-2-1-3-5-17/h1-5,12-13,15-16,19,22,24-25H,6-11,14H2/t22-,24-/m1/s1. The molecule has 0 aliphatic carbocycles. The van der Waals surface area contributed by atoms with Crippen molar-refractivity contribution in [2.75, 3.05) is 18.0 Å². The Hall–Kier alpha value is -2.59. The fourth-order valence-electron chi connectivity index (χ4n) is 4.97. The zero-order valence-corrected chi connectivity index (χ0v) is 19.9. The second kappa shape index (κ2) is 10.6. The normalized spacial score (nSPS) is 22.1. The molecule has 186 valence electrons. The van der Waals surface area contributed by atoms with Crippen LogP contribution in [0.3, 0.4) is 0 Å². The van der Waals surface area contributed by atoms with Gasteiger partial charge in [-0.2, -0.15) is 0 Å². The van der Waals surface area contributed by atoms with Crippen molar-refractivity contribution in [1.29, 1.82) is 0 Å². The van der Waals surface area contributed by atoms with Crippen LogP contribution in [0, 0.1) is 11.6 Å². The van der Waals surface area contributed by atoms with Gasteiger partial charge in [0.05, 0.1) is 11.7 Å². The maximum absolute atomic E-state index is 15.2. The Morgan fingerprint density at radius 1 is 0.914 bits per heavy atom. The topological polar surface area (TPSA) is 37.2 Å². The molecule has 2 fully saturated rings. The average Bonchev–Trinajstić information content (AvgIpc) is 3.42. The maximum Gasteiger partial charge on any atom is 0.254 e. The Labute approximate surface area is 206 Å². The van der Waals surface area contributed by atoms with Gasteiger partial charge in [-0.1, -0.05) is 42.3 Å². The van der Waals surface area contributed by atoms with E-state index in [0.717, 1.165) is 18.4 Å². The Morgan fingerprint density at radius 2 is 1.63 bits per heavy atom. The summed E-state index contributed by atoms with van der Waals surface area (Å²) in [7, 11) is 0. The van der Waals surface area contributed by atoms with Crippen LogP contribution in [0.5, 0.6) is 0 Å². The summed E-state index contributed by atoms with van der Waals surface area (Å²) in [6.45, 7) is 1.07. The Bertz CT molecular complexity index is 1110. The third-order valence-corrected chi connectivity index (χ3v) is 8.36. The quantitative estimate of drug-likeness (QED) is 0.303. The smallest absolute Gasteiger partial charge is 0.254 e. The minimum absolute atomic E-state index is 0.00498. The van der Waals surface area contributed by atoms with Gasteiger partial charge in [0.2, 0.25) is 0 Å². The molecule has 0 radical (unpaired) electrons. The lowest BCUT2D eigenvalue weighted by molar-refractivity contribution is 0.0536. The number of rotatable bonds is 6. The Morgan fingerprint density at radius 3 is 2.31 bits per heavy atom. The van der Waals surface area contributed by atoms with E-state index in [4.69, 9.17) is 0 Å². The number of benzene rings is 2. The van der Waals surface area contributed by atoms with E-state index in [1.54, 1.807) is 12.7 Å². The van der Waals surface area contributed by atoms with Crippen LogP contribution in [0.2, 0.25) is 0 Å². The summed E-state index contributed by atoms with van der Waals surface area (Å²) in [5, 5.41) is 7.67. The fourth-order valence-corrected chi connectivity index (χ4v) is 6.39. The number of hydrogen-bond donors (Lipinski definition) is 0. The molecule has 0 spiro atoms. The van der Waals surface area contributed by atoms with Crippen LogP contribution >= 0.6 is 11.9 Å². The molecule has 0 saturated carbocycles. The first-order valence-electron chi connectivity index (χ1n) is 11.8. The molecule has 2 aliphatic heterocycles. The molecule has 2 aliphatic rings. The number of piperidine rings is 1. The molecule has 0 amide bonds. The Kier molecular flexibility index (Phi) is 7.29. The first-order chi connectivity index (χ1) is 17.0. The Balaban J connectivity index is 1.30. The summed E-state index contributed by atoms with van der Waals surface area (Å²) in [5.41, 5.74) is 1.36. The van der Waals surface area contributed by atoms with E-state index in [-0.39, 0.29) is 29.1 Å². The molecule has 3 aromatic rings. The summed E-state index contributed by atoms with van der Waals surface area (Å²) in [5.74, 6) is -1.10. The van der Waals surface area contributed by atoms with E-state index < -0.39 is 24.1 Å². The molecule has 5 rings (SSSR count). The van der Waals surface area contributed by atoms with Gasteiger partial charge in [0.1, 0.15) is 24.3 Å². The van der Waals surface area contributed by atoms with Crippen molar-refractivity contribution in [3.63, 3.8) is 0 Å². The largest absolute Gasteiger partial charge is 0.369 e. The average molecular weight is 506 g/mol. The van der Waals surface area contributed by atoms with Gasteiger partial charge in [-0.05, 0) is 37.3 Å². The zero-order chi connectivity index (χ0) is 24.4. The van der Waals surface area contributed by atoms with Gasteiger partial charge in [0.15, 0.2) is 0 Å². The molecular formula is C25H27F4N5S. The SMILES string of the molecule is Fc1cc(N2CCC(n3cnnc3)CC2)c(F)cc1CN1S[C@@H](c2ccccc2)CC[C@@H]1C(F)F. The van der Waals surface area contributed by atoms with Crippen LogP contribution in [0.1, 0.15) is 48.1 Å². The zero-order valence-electron chi connectivity index (χ0n) is 19.1. The number of nitrogens with zero attached hydrogens (tertiary/aromatic N) is 5. The summed E-state index contributed by atoms with van der Waals surface area (Å²) in [6, 6.07) is 11.3.